The second kappa shape index (κ2) is 8.66. The van der Waals surface area contributed by atoms with E-state index in [4.69, 9.17) is 4.74 Å². The number of hydrogen-bond acceptors (Lipinski definition) is 4. The summed E-state index contributed by atoms with van der Waals surface area (Å²) in [6.45, 7) is 2.93. The van der Waals surface area contributed by atoms with E-state index in [1.54, 1.807) is 7.11 Å². The lowest BCUT2D eigenvalue weighted by Crippen LogP contribution is -2.44. The first kappa shape index (κ1) is 16.6. The molecule has 1 N–H and O–H groups in total. The first-order valence-corrected chi connectivity index (χ1v) is 7.79. The second-order valence-corrected chi connectivity index (χ2v) is 5.55. The van der Waals surface area contributed by atoms with Gasteiger partial charge in [-0.15, -0.1) is 0 Å². The number of nitrogens with one attached hydrogen (secondary N) is 1. The van der Waals surface area contributed by atoms with Crippen LogP contribution in [0.1, 0.15) is 23.2 Å². The molecule has 1 aromatic carbocycles. The van der Waals surface area contributed by atoms with E-state index in [0.717, 1.165) is 18.4 Å². The molecule has 22 heavy (non-hydrogen) atoms. The zero-order valence-corrected chi connectivity index (χ0v) is 13.1. The van der Waals surface area contributed by atoms with Crippen molar-refractivity contribution in [2.45, 2.75) is 12.8 Å². The molecule has 0 atom stereocenters. The fourth-order valence-electron chi connectivity index (χ4n) is 2.71. The molecule has 120 valence electrons. The Bertz CT molecular complexity index is 482. The van der Waals surface area contributed by atoms with Crippen LogP contribution in [-0.4, -0.2) is 56.5 Å². The smallest absolute Gasteiger partial charge is 0.236 e. The first-order chi connectivity index (χ1) is 10.7. The van der Waals surface area contributed by atoms with Gasteiger partial charge >= 0.3 is 0 Å². The number of methoxy groups -OCH3 is 1. The predicted molar refractivity (Wildman–Crippen MR) is 84.8 cm³/mol. The van der Waals surface area contributed by atoms with Crippen molar-refractivity contribution >= 4 is 11.7 Å². The summed E-state index contributed by atoms with van der Waals surface area (Å²) in [6, 6.07) is 9.41. The van der Waals surface area contributed by atoms with E-state index in [-0.39, 0.29) is 17.6 Å². The van der Waals surface area contributed by atoms with Crippen molar-refractivity contribution in [1.29, 1.82) is 0 Å². The molecule has 0 saturated carbocycles. The minimum atomic E-state index is 0.0351. The minimum Gasteiger partial charge on any atom is -0.383 e. The summed E-state index contributed by atoms with van der Waals surface area (Å²) >= 11 is 0. The molecule has 5 heteroatoms. The molecule has 1 fully saturated rings. The van der Waals surface area contributed by atoms with E-state index < -0.39 is 0 Å². The zero-order valence-electron chi connectivity index (χ0n) is 13.1. The van der Waals surface area contributed by atoms with Crippen molar-refractivity contribution in [3.8, 4) is 0 Å². The van der Waals surface area contributed by atoms with E-state index in [0.29, 0.717) is 32.8 Å². The van der Waals surface area contributed by atoms with Crippen LogP contribution < -0.4 is 5.32 Å². The molecule has 1 saturated heterocycles. The van der Waals surface area contributed by atoms with Gasteiger partial charge in [-0.3, -0.25) is 9.59 Å². The molecule has 1 aromatic rings. The van der Waals surface area contributed by atoms with Crippen LogP contribution in [0.3, 0.4) is 0 Å². The number of piperidine rings is 1. The topological polar surface area (TPSA) is 58.6 Å². The number of benzene rings is 1. The Balaban J connectivity index is 1.75. The molecule has 5 nitrogen and oxygen atoms in total. The molecule has 1 aliphatic rings. The highest BCUT2D eigenvalue weighted by Crippen LogP contribution is 2.21. The molecule has 0 spiro atoms. The SMILES string of the molecule is COCCNCC(=O)N1CCC(C(=O)c2ccccc2)CC1. The summed E-state index contributed by atoms with van der Waals surface area (Å²) < 4.78 is 4.93. The predicted octanol–water partition coefficient (Wildman–Crippen LogP) is 1.34. The lowest BCUT2D eigenvalue weighted by molar-refractivity contribution is -0.131. The molecule has 1 amide bonds. The van der Waals surface area contributed by atoms with Gasteiger partial charge in [0, 0.05) is 38.2 Å². The number of nitrogens with zero attached hydrogens (tertiary/aromatic N) is 1. The monoisotopic (exact) mass is 304 g/mol. The van der Waals surface area contributed by atoms with Gasteiger partial charge in [0.15, 0.2) is 5.78 Å². The average molecular weight is 304 g/mol. The Morgan fingerprint density at radius 1 is 1.23 bits per heavy atom. The number of carbonyl (C=O) groups excluding carboxylic acids is 2. The van der Waals surface area contributed by atoms with Gasteiger partial charge in [-0.25, -0.2) is 0 Å². The number of hydrogen-bond donors (Lipinski definition) is 1. The van der Waals surface area contributed by atoms with E-state index in [1.807, 2.05) is 35.2 Å². The van der Waals surface area contributed by atoms with Gasteiger partial charge in [0.25, 0.3) is 0 Å². The number of amides is 1. The second-order valence-electron chi connectivity index (χ2n) is 5.55. The van der Waals surface area contributed by atoms with Crippen molar-refractivity contribution in [1.82, 2.24) is 10.2 Å². The maximum atomic E-state index is 12.4. The fourth-order valence-corrected chi connectivity index (χ4v) is 2.71. The molecule has 0 radical (unpaired) electrons. The number of rotatable bonds is 7. The normalized spacial score (nSPS) is 15.8. The van der Waals surface area contributed by atoms with Crippen LogP contribution in [-0.2, 0) is 9.53 Å². The third-order valence-corrected chi connectivity index (χ3v) is 4.04. The summed E-state index contributed by atoms with van der Waals surface area (Å²) in [6.07, 6.45) is 1.50. The van der Waals surface area contributed by atoms with Gasteiger partial charge in [0.05, 0.1) is 13.2 Å². The Hall–Kier alpha value is -1.72. The van der Waals surface area contributed by atoms with Crippen LogP contribution >= 0.6 is 0 Å². The minimum absolute atomic E-state index is 0.0351. The largest absolute Gasteiger partial charge is 0.383 e. The molecule has 0 unspecified atom stereocenters. The Labute approximate surface area is 131 Å². The average Bonchev–Trinajstić information content (AvgIpc) is 2.59. The van der Waals surface area contributed by atoms with Crippen LogP contribution in [0, 0.1) is 5.92 Å². The van der Waals surface area contributed by atoms with Crippen molar-refractivity contribution in [2.24, 2.45) is 5.92 Å². The van der Waals surface area contributed by atoms with Crippen LogP contribution in [0.25, 0.3) is 0 Å². The Morgan fingerprint density at radius 2 is 1.91 bits per heavy atom. The van der Waals surface area contributed by atoms with E-state index in [2.05, 4.69) is 5.32 Å². The highest BCUT2D eigenvalue weighted by atomic mass is 16.5. The lowest BCUT2D eigenvalue weighted by Gasteiger charge is -2.31. The number of ether oxygens (including phenoxy) is 1. The van der Waals surface area contributed by atoms with Gasteiger partial charge in [-0.2, -0.15) is 0 Å². The zero-order chi connectivity index (χ0) is 15.8. The maximum Gasteiger partial charge on any atom is 0.236 e. The van der Waals surface area contributed by atoms with Crippen molar-refractivity contribution in [2.75, 3.05) is 39.9 Å². The molecular formula is C17H24N2O3. The summed E-state index contributed by atoms with van der Waals surface area (Å²) in [4.78, 5) is 26.3. The first-order valence-electron chi connectivity index (χ1n) is 7.79. The third-order valence-electron chi connectivity index (χ3n) is 4.04. The molecule has 0 bridgehead atoms. The van der Waals surface area contributed by atoms with E-state index in [1.165, 1.54) is 0 Å². The molecule has 1 heterocycles. The van der Waals surface area contributed by atoms with Gasteiger partial charge < -0.3 is 15.0 Å². The quantitative estimate of drug-likeness (QED) is 0.610. The number of likely N-dealkylation sites (tertiary alicyclic amines) is 1. The number of ketones is 1. The van der Waals surface area contributed by atoms with Gasteiger partial charge in [0.2, 0.25) is 5.91 Å². The summed E-state index contributed by atoms with van der Waals surface area (Å²) in [5.74, 6) is 0.334. The van der Waals surface area contributed by atoms with Gasteiger partial charge in [0.1, 0.15) is 0 Å². The summed E-state index contributed by atoms with van der Waals surface area (Å²) in [5.41, 5.74) is 0.772. The van der Waals surface area contributed by atoms with Crippen LogP contribution in [0.5, 0.6) is 0 Å². The van der Waals surface area contributed by atoms with Crippen LogP contribution in [0.4, 0.5) is 0 Å². The standard InChI is InChI=1S/C17H24N2O3/c1-22-12-9-18-13-16(20)19-10-7-15(8-11-19)17(21)14-5-3-2-4-6-14/h2-6,15,18H,7-13H2,1H3. The number of carbonyl (C=O) groups is 2. The third kappa shape index (κ3) is 4.64. The summed E-state index contributed by atoms with van der Waals surface area (Å²) in [7, 11) is 1.64. The molecule has 2 rings (SSSR count). The molecule has 0 aliphatic carbocycles. The summed E-state index contributed by atoms with van der Waals surface area (Å²) in [5, 5.41) is 3.06. The van der Waals surface area contributed by atoms with Crippen molar-refractivity contribution < 1.29 is 14.3 Å². The highest BCUT2D eigenvalue weighted by molar-refractivity contribution is 5.98. The molecular weight excluding hydrogens is 280 g/mol. The van der Waals surface area contributed by atoms with Crippen LogP contribution in [0.2, 0.25) is 0 Å². The lowest BCUT2D eigenvalue weighted by atomic mass is 9.89. The van der Waals surface area contributed by atoms with Gasteiger partial charge in [-0.05, 0) is 12.8 Å². The maximum absolute atomic E-state index is 12.4. The van der Waals surface area contributed by atoms with Gasteiger partial charge in [-0.1, -0.05) is 30.3 Å². The fraction of sp³-hybridized carbons (Fsp3) is 0.529. The van der Waals surface area contributed by atoms with Crippen molar-refractivity contribution in [3.63, 3.8) is 0 Å². The van der Waals surface area contributed by atoms with E-state index >= 15 is 0 Å². The highest BCUT2D eigenvalue weighted by Gasteiger charge is 2.27. The molecule has 1 aliphatic heterocycles. The molecule has 0 aromatic heterocycles. The number of Topliss-reactive ketones (excluding diaryl/α,β-unsaturated/α-hetero) is 1. The Kier molecular flexibility index (Phi) is 6.55. The Morgan fingerprint density at radius 3 is 2.55 bits per heavy atom. The van der Waals surface area contributed by atoms with E-state index in [9.17, 15) is 9.59 Å². The van der Waals surface area contributed by atoms with Crippen molar-refractivity contribution in [3.05, 3.63) is 35.9 Å². The van der Waals surface area contributed by atoms with Crippen LogP contribution in [0.15, 0.2) is 30.3 Å².